The first kappa shape index (κ1) is 18.9. The quantitative estimate of drug-likeness (QED) is 0.649. The minimum absolute atomic E-state index is 0.234. The van der Waals surface area contributed by atoms with Gasteiger partial charge >= 0.3 is 0 Å². The van der Waals surface area contributed by atoms with E-state index in [0.717, 1.165) is 12.0 Å². The van der Waals surface area contributed by atoms with E-state index < -0.39 is 0 Å². The van der Waals surface area contributed by atoms with Crippen molar-refractivity contribution < 1.29 is 4.79 Å². The van der Waals surface area contributed by atoms with Gasteiger partial charge in [-0.25, -0.2) is 0 Å². The Balaban J connectivity index is 1.48. The van der Waals surface area contributed by atoms with Gasteiger partial charge in [0.25, 0.3) is 5.91 Å². The van der Waals surface area contributed by atoms with E-state index in [9.17, 15) is 4.79 Å². The first-order valence-corrected chi connectivity index (χ1v) is 9.14. The van der Waals surface area contributed by atoms with Gasteiger partial charge in [0, 0.05) is 18.1 Å². The molecule has 0 aliphatic carbocycles. The smallest absolute Gasteiger partial charge is 0.271 e. The summed E-state index contributed by atoms with van der Waals surface area (Å²) in [5.74, 6) is 0.401. The number of amides is 1. The Labute approximate surface area is 163 Å². The molecule has 0 saturated carbocycles. The fourth-order valence-corrected chi connectivity index (χ4v) is 2.73. The third-order valence-electron chi connectivity index (χ3n) is 4.23. The number of halogens is 1. The lowest BCUT2D eigenvalue weighted by atomic mass is 10.1. The number of rotatable bonds is 7. The van der Waals surface area contributed by atoms with Crippen molar-refractivity contribution in [3.8, 4) is 0 Å². The molecule has 2 N–H and O–H groups in total. The van der Waals surface area contributed by atoms with Crippen LogP contribution in [0.2, 0.25) is 5.02 Å². The Morgan fingerprint density at radius 2 is 1.78 bits per heavy atom. The van der Waals surface area contributed by atoms with Gasteiger partial charge < -0.3 is 10.6 Å². The van der Waals surface area contributed by atoms with Crippen molar-refractivity contribution in [2.45, 2.75) is 19.9 Å². The van der Waals surface area contributed by atoms with Crippen molar-refractivity contribution in [1.29, 1.82) is 0 Å². The van der Waals surface area contributed by atoms with Crippen LogP contribution in [-0.2, 0) is 13.0 Å². The van der Waals surface area contributed by atoms with E-state index in [1.54, 1.807) is 12.1 Å². The standard InChI is InChI=1S/C21H21ClN4O/c1-15-4-2-3-5-17(15)14-24-20-11-10-19(25-26-20)21(27)23-13-12-16-6-8-18(22)9-7-16/h2-11H,12-14H2,1H3,(H,23,27)(H,24,26). The monoisotopic (exact) mass is 380 g/mol. The van der Waals surface area contributed by atoms with Crippen molar-refractivity contribution >= 4 is 23.3 Å². The molecule has 3 rings (SSSR count). The topological polar surface area (TPSA) is 66.9 Å². The average molecular weight is 381 g/mol. The predicted octanol–water partition coefficient (Wildman–Crippen LogP) is 4.02. The highest BCUT2D eigenvalue weighted by Crippen LogP contribution is 2.11. The molecule has 0 atom stereocenters. The van der Waals surface area contributed by atoms with Crippen LogP contribution in [0.3, 0.4) is 0 Å². The summed E-state index contributed by atoms with van der Waals surface area (Å²) in [7, 11) is 0. The lowest BCUT2D eigenvalue weighted by molar-refractivity contribution is 0.0948. The Bertz CT molecular complexity index is 895. The summed E-state index contributed by atoms with van der Waals surface area (Å²) in [6, 6.07) is 19.2. The van der Waals surface area contributed by atoms with Gasteiger partial charge in [-0.3, -0.25) is 4.79 Å². The zero-order valence-corrected chi connectivity index (χ0v) is 15.8. The molecule has 0 aliphatic rings. The second-order valence-electron chi connectivity index (χ2n) is 6.22. The van der Waals surface area contributed by atoms with Crippen LogP contribution in [-0.4, -0.2) is 22.6 Å². The van der Waals surface area contributed by atoms with Crippen LogP contribution < -0.4 is 10.6 Å². The van der Waals surface area contributed by atoms with Gasteiger partial charge in [-0.05, 0) is 54.3 Å². The number of aromatic nitrogens is 2. The molecule has 0 saturated heterocycles. The van der Waals surface area contributed by atoms with Crippen molar-refractivity contribution in [1.82, 2.24) is 15.5 Å². The maximum Gasteiger partial charge on any atom is 0.271 e. The van der Waals surface area contributed by atoms with E-state index in [0.29, 0.717) is 29.6 Å². The van der Waals surface area contributed by atoms with Crippen LogP contribution in [0, 0.1) is 6.92 Å². The van der Waals surface area contributed by atoms with Gasteiger partial charge in [0.2, 0.25) is 0 Å². The largest absolute Gasteiger partial charge is 0.364 e. The molecule has 0 bridgehead atoms. The number of hydrogen-bond acceptors (Lipinski definition) is 4. The highest BCUT2D eigenvalue weighted by atomic mass is 35.5. The predicted molar refractivity (Wildman–Crippen MR) is 108 cm³/mol. The summed E-state index contributed by atoms with van der Waals surface area (Å²) < 4.78 is 0. The summed E-state index contributed by atoms with van der Waals surface area (Å²) in [6.45, 7) is 3.25. The van der Waals surface area contributed by atoms with Crippen LogP contribution in [0.4, 0.5) is 5.82 Å². The molecule has 1 amide bonds. The molecule has 27 heavy (non-hydrogen) atoms. The molecule has 5 nitrogen and oxygen atoms in total. The van der Waals surface area contributed by atoms with Crippen LogP contribution in [0.5, 0.6) is 0 Å². The number of carbonyl (C=O) groups excluding carboxylic acids is 1. The van der Waals surface area contributed by atoms with E-state index >= 15 is 0 Å². The van der Waals surface area contributed by atoms with E-state index in [1.165, 1.54) is 11.1 Å². The van der Waals surface area contributed by atoms with E-state index in [1.807, 2.05) is 36.4 Å². The number of benzene rings is 2. The first-order valence-electron chi connectivity index (χ1n) is 8.76. The third-order valence-corrected chi connectivity index (χ3v) is 4.48. The Kier molecular flexibility index (Phi) is 6.39. The molecule has 0 unspecified atom stereocenters. The molecule has 1 heterocycles. The number of nitrogens with zero attached hydrogens (tertiary/aromatic N) is 2. The van der Waals surface area contributed by atoms with Crippen LogP contribution in [0.1, 0.15) is 27.2 Å². The molecule has 0 radical (unpaired) electrons. The van der Waals surface area contributed by atoms with E-state index in [-0.39, 0.29) is 5.91 Å². The fraction of sp³-hybridized carbons (Fsp3) is 0.190. The van der Waals surface area contributed by atoms with Crippen molar-refractivity contribution in [2.24, 2.45) is 0 Å². The minimum atomic E-state index is -0.234. The summed E-state index contributed by atoms with van der Waals surface area (Å²) in [5, 5.41) is 14.9. The number of nitrogens with one attached hydrogen (secondary N) is 2. The molecule has 1 aromatic heterocycles. The maximum atomic E-state index is 12.2. The van der Waals surface area contributed by atoms with Gasteiger partial charge in [-0.2, -0.15) is 0 Å². The number of anilines is 1. The fourth-order valence-electron chi connectivity index (χ4n) is 2.60. The first-order chi connectivity index (χ1) is 13.1. The number of hydrogen-bond donors (Lipinski definition) is 2. The molecule has 138 valence electrons. The molecule has 3 aromatic rings. The zero-order valence-electron chi connectivity index (χ0n) is 15.1. The molecule has 0 fully saturated rings. The Morgan fingerprint density at radius 3 is 2.48 bits per heavy atom. The van der Waals surface area contributed by atoms with Gasteiger partial charge in [-0.1, -0.05) is 48.0 Å². The zero-order chi connectivity index (χ0) is 19.1. The molecular formula is C21H21ClN4O. The maximum absolute atomic E-state index is 12.2. The van der Waals surface area contributed by atoms with Gasteiger partial charge in [0.05, 0.1) is 0 Å². The third kappa shape index (κ3) is 5.53. The summed E-state index contributed by atoms with van der Waals surface area (Å²) in [4.78, 5) is 12.2. The van der Waals surface area contributed by atoms with E-state index in [4.69, 9.17) is 11.6 Å². The highest BCUT2D eigenvalue weighted by molar-refractivity contribution is 6.30. The second kappa shape index (κ2) is 9.14. The van der Waals surface area contributed by atoms with Crippen LogP contribution >= 0.6 is 11.6 Å². The van der Waals surface area contributed by atoms with Crippen LogP contribution in [0.25, 0.3) is 0 Å². The van der Waals surface area contributed by atoms with Crippen molar-refractivity contribution in [2.75, 3.05) is 11.9 Å². The summed E-state index contributed by atoms with van der Waals surface area (Å²) >= 11 is 5.86. The van der Waals surface area contributed by atoms with Gasteiger partial charge in [0.15, 0.2) is 5.69 Å². The van der Waals surface area contributed by atoms with Crippen LogP contribution in [0.15, 0.2) is 60.7 Å². The van der Waals surface area contributed by atoms with Crippen molar-refractivity contribution in [3.63, 3.8) is 0 Å². The minimum Gasteiger partial charge on any atom is -0.364 e. The average Bonchev–Trinajstić information content (AvgIpc) is 2.69. The SMILES string of the molecule is Cc1ccccc1CNc1ccc(C(=O)NCCc2ccc(Cl)cc2)nn1. The molecular weight excluding hydrogens is 360 g/mol. The molecule has 2 aromatic carbocycles. The summed E-state index contributed by atoms with van der Waals surface area (Å²) in [6.07, 6.45) is 0.729. The number of aryl methyl sites for hydroxylation is 1. The molecule has 0 aliphatic heterocycles. The van der Waals surface area contributed by atoms with E-state index in [2.05, 4.69) is 39.9 Å². The lowest BCUT2D eigenvalue weighted by Gasteiger charge is -2.08. The van der Waals surface area contributed by atoms with Gasteiger partial charge in [-0.15, -0.1) is 10.2 Å². The van der Waals surface area contributed by atoms with Gasteiger partial charge in [0.1, 0.15) is 5.82 Å². The Morgan fingerprint density at radius 1 is 1.00 bits per heavy atom. The lowest BCUT2D eigenvalue weighted by Crippen LogP contribution is -2.26. The normalized spacial score (nSPS) is 10.4. The number of carbonyl (C=O) groups is 1. The Hall–Kier alpha value is -2.92. The molecule has 6 heteroatoms. The second-order valence-corrected chi connectivity index (χ2v) is 6.65. The highest BCUT2D eigenvalue weighted by Gasteiger charge is 2.08. The van der Waals surface area contributed by atoms with Crippen molar-refractivity contribution in [3.05, 3.63) is 88.1 Å². The summed E-state index contributed by atoms with van der Waals surface area (Å²) in [5.41, 5.74) is 3.83. The molecule has 0 spiro atoms.